The third-order valence-electron chi connectivity index (χ3n) is 5.75. The molecule has 4 fully saturated rings. The Morgan fingerprint density at radius 1 is 1.12 bits per heavy atom. The van der Waals surface area contributed by atoms with Gasteiger partial charge in [0.2, 0.25) is 5.91 Å². The molecule has 0 saturated carbocycles. The summed E-state index contributed by atoms with van der Waals surface area (Å²) >= 11 is 1.55. The molecule has 4 aliphatic rings. The molecule has 4 aliphatic heterocycles. The van der Waals surface area contributed by atoms with E-state index in [9.17, 15) is 4.79 Å². The summed E-state index contributed by atoms with van der Waals surface area (Å²) in [7, 11) is 0. The molecule has 0 aromatic carbocycles. The lowest BCUT2D eigenvalue weighted by atomic mass is 9.95. The third-order valence-corrected chi connectivity index (χ3v) is 6.68. The summed E-state index contributed by atoms with van der Waals surface area (Å²) in [6, 6.07) is 6.89. The van der Waals surface area contributed by atoms with Crippen LogP contribution in [0.4, 0.5) is 0 Å². The number of thioether (sulfide) groups is 1. The third kappa shape index (κ3) is 4.18. The van der Waals surface area contributed by atoms with Crippen molar-refractivity contribution in [3.63, 3.8) is 0 Å². The first kappa shape index (κ1) is 17.3. The van der Waals surface area contributed by atoms with Crippen LogP contribution in [0.3, 0.4) is 0 Å². The highest BCUT2D eigenvalue weighted by Crippen LogP contribution is 2.31. The van der Waals surface area contributed by atoms with Gasteiger partial charge >= 0.3 is 0 Å². The summed E-state index contributed by atoms with van der Waals surface area (Å²) < 4.78 is 5.52. The Labute approximate surface area is 154 Å². The van der Waals surface area contributed by atoms with E-state index in [-0.39, 0.29) is 5.91 Å². The Kier molecular flexibility index (Phi) is 5.58. The largest absolute Gasteiger partial charge is 0.381 e. The van der Waals surface area contributed by atoms with Crippen LogP contribution in [-0.4, -0.2) is 71.4 Å². The number of carbonyl (C=O) groups is 1. The second-order valence-corrected chi connectivity index (χ2v) is 8.39. The van der Waals surface area contributed by atoms with Crippen molar-refractivity contribution in [2.75, 3.05) is 38.6 Å². The van der Waals surface area contributed by atoms with Crippen LogP contribution in [0.5, 0.6) is 0 Å². The number of ether oxygens (including phenoxy) is 1. The molecule has 1 aromatic rings. The van der Waals surface area contributed by atoms with E-state index in [1.54, 1.807) is 18.0 Å². The number of carbonyl (C=O) groups excluding carboxylic acids is 1. The van der Waals surface area contributed by atoms with Gasteiger partial charge in [-0.25, -0.2) is 4.98 Å². The predicted octanol–water partition coefficient (Wildman–Crippen LogP) is 2.28. The van der Waals surface area contributed by atoms with Crippen molar-refractivity contribution in [1.29, 1.82) is 0 Å². The van der Waals surface area contributed by atoms with E-state index >= 15 is 0 Å². The van der Waals surface area contributed by atoms with Crippen LogP contribution in [0.25, 0.3) is 0 Å². The van der Waals surface area contributed by atoms with Crippen LogP contribution in [0, 0.1) is 5.92 Å². The normalized spacial score (nSPS) is 28.1. The fraction of sp³-hybridized carbons (Fsp3) is 0.684. The highest BCUT2D eigenvalue weighted by Gasteiger charge is 2.39. The zero-order chi connectivity index (χ0) is 17.1. The maximum Gasteiger partial charge on any atom is 0.233 e. The topological polar surface area (TPSA) is 45.7 Å². The van der Waals surface area contributed by atoms with Gasteiger partial charge < -0.3 is 9.64 Å². The summed E-state index contributed by atoms with van der Waals surface area (Å²) in [6.07, 6.45) is 6.49. The van der Waals surface area contributed by atoms with Crippen LogP contribution in [0.2, 0.25) is 0 Å². The highest BCUT2D eigenvalue weighted by molar-refractivity contribution is 7.99. The van der Waals surface area contributed by atoms with Gasteiger partial charge in [-0.15, -0.1) is 0 Å². The summed E-state index contributed by atoms with van der Waals surface area (Å²) in [6.45, 7) is 4.91. The summed E-state index contributed by atoms with van der Waals surface area (Å²) in [5, 5.41) is 0.930. The predicted molar refractivity (Wildman–Crippen MR) is 98.6 cm³/mol. The Morgan fingerprint density at radius 3 is 2.80 bits per heavy atom. The minimum Gasteiger partial charge on any atom is -0.381 e. The van der Waals surface area contributed by atoms with E-state index in [1.807, 2.05) is 18.2 Å². The van der Waals surface area contributed by atoms with Gasteiger partial charge in [-0.2, -0.15) is 0 Å². The van der Waals surface area contributed by atoms with E-state index < -0.39 is 0 Å². The van der Waals surface area contributed by atoms with Gasteiger partial charge in [-0.05, 0) is 43.7 Å². The second kappa shape index (κ2) is 8.06. The molecular formula is C19H27N3O2S. The van der Waals surface area contributed by atoms with Crippen molar-refractivity contribution in [2.24, 2.45) is 5.92 Å². The van der Waals surface area contributed by atoms with E-state index in [4.69, 9.17) is 4.74 Å². The number of fused-ring (bicyclic) bond motifs is 4. The zero-order valence-corrected chi connectivity index (χ0v) is 15.5. The lowest BCUT2D eigenvalue weighted by molar-refractivity contribution is -0.132. The molecule has 5 rings (SSSR count). The molecule has 6 heteroatoms. The number of pyridine rings is 1. The molecule has 5 nitrogen and oxygen atoms in total. The minimum atomic E-state index is 0.277. The standard InChI is InChI=1S/C19H27N3O2S/c23-19(14-25-18-3-1-2-8-20-18)22-12-15-4-5-17(22)13-21(11-15)16-6-9-24-10-7-16/h1-3,8,15-17H,4-7,9-14H2/t15-,17+/m0/s1. The van der Waals surface area contributed by atoms with Gasteiger partial charge in [0.1, 0.15) is 0 Å². The molecule has 0 unspecified atom stereocenters. The number of nitrogens with zero attached hydrogens (tertiary/aromatic N) is 3. The molecule has 136 valence electrons. The molecule has 25 heavy (non-hydrogen) atoms. The first-order valence-electron chi connectivity index (χ1n) is 9.44. The number of aromatic nitrogens is 1. The summed E-state index contributed by atoms with van der Waals surface area (Å²) in [5.41, 5.74) is 0. The van der Waals surface area contributed by atoms with E-state index in [0.29, 0.717) is 23.8 Å². The van der Waals surface area contributed by atoms with Crippen molar-refractivity contribution in [3.05, 3.63) is 24.4 Å². The van der Waals surface area contributed by atoms with Gasteiger partial charge in [0.05, 0.1) is 10.8 Å². The molecule has 0 N–H and O–H groups in total. The molecule has 0 aliphatic carbocycles. The molecule has 1 aromatic heterocycles. The van der Waals surface area contributed by atoms with Crippen molar-refractivity contribution < 1.29 is 9.53 Å². The maximum absolute atomic E-state index is 12.8. The average Bonchev–Trinajstić information content (AvgIpc) is 3.00. The van der Waals surface area contributed by atoms with Gasteiger partial charge in [0.25, 0.3) is 0 Å². The lowest BCUT2D eigenvalue weighted by Gasteiger charge is -2.37. The Balaban J connectivity index is 1.37. The fourth-order valence-electron chi connectivity index (χ4n) is 4.42. The zero-order valence-electron chi connectivity index (χ0n) is 14.7. The molecule has 0 radical (unpaired) electrons. The lowest BCUT2D eigenvalue weighted by Crippen LogP contribution is -2.49. The monoisotopic (exact) mass is 361 g/mol. The molecule has 1 amide bonds. The molecule has 5 heterocycles. The van der Waals surface area contributed by atoms with Crippen LogP contribution in [0.15, 0.2) is 29.4 Å². The first-order chi connectivity index (χ1) is 12.3. The molecule has 2 bridgehead atoms. The fourth-order valence-corrected chi connectivity index (χ4v) is 5.17. The number of hydrogen-bond donors (Lipinski definition) is 0. The van der Waals surface area contributed by atoms with Gasteiger partial charge in [0, 0.05) is 51.1 Å². The summed E-state index contributed by atoms with van der Waals surface area (Å²) in [4.78, 5) is 22.0. The minimum absolute atomic E-state index is 0.277. The molecule has 4 saturated heterocycles. The summed E-state index contributed by atoms with van der Waals surface area (Å²) in [5.74, 6) is 1.40. The Morgan fingerprint density at radius 2 is 2.00 bits per heavy atom. The van der Waals surface area contributed by atoms with Crippen molar-refractivity contribution >= 4 is 17.7 Å². The number of amides is 1. The van der Waals surface area contributed by atoms with Crippen LogP contribution >= 0.6 is 11.8 Å². The average molecular weight is 362 g/mol. The van der Waals surface area contributed by atoms with Crippen molar-refractivity contribution in [1.82, 2.24) is 14.8 Å². The van der Waals surface area contributed by atoms with E-state index in [2.05, 4.69) is 14.8 Å². The van der Waals surface area contributed by atoms with Gasteiger partial charge in [-0.1, -0.05) is 17.8 Å². The van der Waals surface area contributed by atoms with Gasteiger partial charge in [0.15, 0.2) is 0 Å². The quantitative estimate of drug-likeness (QED) is 0.770. The smallest absolute Gasteiger partial charge is 0.233 e. The number of piperidine rings is 1. The Bertz CT molecular complexity index is 579. The van der Waals surface area contributed by atoms with Crippen molar-refractivity contribution in [3.8, 4) is 0 Å². The number of hydrogen-bond acceptors (Lipinski definition) is 5. The van der Waals surface area contributed by atoms with Crippen LogP contribution in [0.1, 0.15) is 25.7 Å². The SMILES string of the molecule is O=C(CSc1ccccn1)N1C[C@H]2CC[C@@H]1CN(C1CCOCC1)C2. The van der Waals surface area contributed by atoms with Gasteiger partial charge in [-0.3, -0.25) is 9.69 Å². The van der Waals surface area contributed by atoms with E-state index in [1.165, 1.54) is 6.42 Å². The van der Waals surface area contributed by atoms with Crippen molar-refractivity contribution in [2.45, 2.75) is 42.8 Å². The number of rotatable bonds is 4. The van der Waals surface area contributed by atoms with Crippen LogP contribution < -0.4 is 0 Å². The molecule has 0 spiro atoms. The Hall–Kier alpha value is -1.11. The van der Waals surface area contributed by atoms with Crippen LogP contribution in [-0.2, 0) is 9.53 Å². The molecule has 2 atom stereocenters. The highest BCUT2D eigenvalue weighted by atomic mass is 32.2. The first-order valence-corrected chi connectivity index (χ1v) is 10.4. The maximum atomic E-state index is 12.8. The van der Waals surface area contributed by atoms with E-state index in [0.717, 1.165) is 57.1 Å². The molecular weight excluding hydrogens is 334 g/mol. The second-order valence-electron chi connectivity index (χ2n) is 7.40.